The van der Waals surface area contributed by atoms with Gasteiger partial charge in [0.1, 0.15) is 11.7 Å². The number of carbonyl (C=O) groups is 1. The van der Waals surface area contributed by atoms with Gasteiger partial charge >= 0.3 is 5.97 Å². The molecule has 2 rings (SSSR count). The number of hydrogen-bond donors (Lipinski definition) is 1. The summed E-state index contributed by atoms with van der Waals surface area (Å²) < 4.78 is 11.2. The van der Waals surface area contributed by atoms with Gasteiger partial charge < -0.3 is 14.6 Å². The Labute approximate surface area is 119 Å². The quantitative estimate of drug-likeness (QED) is 0.845. The molecule has 0 bridgehead atoms. The minimum Gasteiger partial charge on any atom is -0.456 e. The summed E-state index contributed by atoms with van der Waals surface area (Å²) in [6, 6.07) is 8.82. The molecule has 1 aromatic rings. The molecule has 1 fully saturated rings. The van der Waals surface area contributed by atoms with Crippen molar-refractivity contribution in [1.82, 2.24) is 0 Å². The normalized spacial score (nSPS) is 29.5. The van der Waals surface area contributed by atoms with E-state index in [4.69, 9.17) is 9.47 Å². The first-order valence-corrected chi connectivity index (χ1v) is 6.93. The largest absolute Gasteiger partial charge is 0.456 e. The van der Waals surface area contributed by atoms with Crippen LogP contribution in [-0.4, -0.2) is 35.0 Å². The Bertz CT molecular complexity index is 465. The van der Waals surface area contributed by atoms with Crippen molar-refractivity contribution in [3.63, 3.8) is 0 Å². The average molecular weight is 278 g/mol. The predicted molar refractivity (Wildman–Crippen MR) is 75.5 cm³/mol. The Morgan fingerprint density at radius 2 is 1.95 bits per heavy atom. The summed E-state index contributed by atoms with van der Waals surface area (Å²) in [5.41, 5.74) is -0.983. The number of benzene rings is 1. The van der Waals surface area contributed by atoms with E-state index in [1.807, 2.05) is 19.9 Å². The SMILES string of the molecule is CC1(C)CC[C@H](OC(=O)c2ccccc2)[C@](C)(O)CO1. The number of ether oxygens (including phenoxy) is 2. The minimum absolute atomic E-state index is 0.159. The fourth-order valence-electron chi connectivity index (χ4n) is 2.25. The molecule has 1 aromatic carbocycles. The molecule has 0 spiro atoms. The first kappa shape index (κ1) is 15.0. The first-order chi connectivity index (χ1) is 9.30. The second-order valence-corrected chi connectivity index (χ2v) is 6.20. The maximum absolute atomic E-state index is 12.1. The van der Waals surface area contributed by atoms with Crippen molar-refractivity contribution in [3.05, 3.63) is 35.9 Å². The molecule has 1 heterocycles. The van der Waals surface area contributed by atoms with E-state index in [9.17, 15) is 9.90 Å². The second kappa shape index (κ2) is 5.54. The zero-order valence-electron chi connectivity index (χ0n) is 12.3. The van der Waals surface area contributed by atoms with Crippen LogP contribution in [0.4, 0.5) is 0 Å². The topological polar surface area (TPSA) is 55.8 Å². The van der Waals surface area contributed by atoms with Crippen LogP contribution in [0.25, 0.3) is 0 Å². The van der Waals surface area contributed by atoms with Crippen molar-refractivity contribution in [2.75, 3.05) is 6.61 Å². The lowest BCUT2D eigenvalue weighted by Gasteiger charge is -2.30. The van der Waals surface area contributed by atoms with Gasteiger partial charge in [0.15, 0.2) is 0 Å². The zero-order chi connectivity index (χ0) is 14.8. The molecule has 1 aliphatic rings. The van der Waals surface area contributed by atoms with Crippen LogP contribution in [0.3, 0.4) is 0 Å². The fourth-order valence-corrected chi connectivity index (χ4v) is 2.25. The third-order valence-corrected chi connectivity index (χ3v) is 3.72. The number of hydrogen-bond acceptors (Lipinski definition) is 4. The standard InChI is InChI=1S/C16H22O4/c1-15(2)10-9-13(16(3,18)11-19-15)20-14(17)12-7-5-4-6-8-12/h4-8,13,18H,9-11H2,1-3H3/t13-,16+/m0/s1. The third-order valence-electron chi connectivity index (χ3n) is 3.72. The van der Waals surface area contributed by atoms with Crippen molar-refractivity contribution >= 4 is 5.97 Å². The highest BCUT2D eigenvalue weighted by atomic mass is 16.6. The molecule has 1 aliphatic heterocycles. The molecule has 0 aliphatic carbocycles. The van der Waals surface area contributed by atoms with Gasteiger partial charge in [-0.25, -0.2) is 4.79 Å². The predicted octanol–water partition coefficient (Wildman–Crippen LogP) is 2.55. The van der Waals surface area contributed by atoms with Crippen LogP contribution in [0.5, 0.6) is 0 Å². The molecule has 0 saturated carbocycles. The van der Waals surface area contributed by atoms with Crippen molar-refractivity contribution in [2.45, 2.75) is 50.9 Å². The molecule has 4 nitrogen and oxygen atoms in total. The molecule has 0 radical (unpaired) electrons. The summed E-state index contributed by atoms with van der Waals surface area (Å²) in [5.74, 6) is -0.407. The van der Waals surface area contributed by atoms with Gasteiger partial charge in [0, 0.05) is 0 Å². The van der Waals surface area contributed by atoms with Gasteiger partial charge in [-0.15, -0.1) is 0 Å². The van der Waals surface area contributed by atoms with Crippen LogP contribution in [0.15, 0.2) is 30.3 Å². The van der Waals surface area contributed by atoms with E-state index in [0.29, 0.717) is 12.0 Å². The Morgan fingerprint density at radius 3 is 2.60 bits per heavy atom. The van der Waals surface area contributed by atoms with Crippen LogP contribution in [0.1, 0.15) is 44.0 Å². The lowest BCUT2D eigenvalue weighted by atomic mass is 9.94. The van der Waals surface area contributed by atoms with Crippen LogP contribution < -0.4 is 0 Å². The first-order valence-electron chi connectivity index (χ1n) is 6.93. The van der Waals surface area contributed by atoms with E-state index < -0.39 is 17.7 Å². The van der Waals surface area contributed by atoms with E-state index in [0.717, 1.165) is 6.42 Å². The molecule has 0 amide bonds. The van der Waals surface area contributed by atoms with Crippen molar-refractivity contribution in [2.24, 2.45) is 0 Å². The number of rotatable bonds is 2. The van der Waals surface area contributed by atoms with Gasteiger partial charge in [-0.1, -0.05) is 18.2 Å². The molecule has 1 saturated heterocycles. The molecule has 0 unspecified atom stereocenters. The van der Waals surface area contributed by atoms with E-state index in [-0.39, 0.29) is 12.2 Å². The van der Waals surface area contributed by atoms with E-state index >= 15 is 0 Å². The highest BCUT2D eigenvalue weighted by molar-refractivity contribution is 5.89. The molecule has 4 heteroatoms. The average Bonchev–Trinajstić information content (AvgIpc) is 2.51. The monoisotopic (exact) mass is 278 g/mol. The summed E-state index contributed by atoms with van der Waals surface area (Å²) in [7, 11) is 0. The Morgan fingerprint density at radius 1 is 1.30 bits per heavy atom. The highest BCUT2D eigenvalue weighted by Crippen LogP contribution is 2.30. The molecular weight excluding hydrogens is 256 g/mol. The zero-order valence-corrected chi connectivity index (χ0v) is 12.3. The Hall–Kier alpha value is -1.39. The number of esters is 1. The second-order valence-electron chi connectivity index (χ2n) is 6.20. The van der Waals surface area contributed by atoms with Gasteiger partial charge in [0.25, 0.3) is 0 Å². The maximum Gasteiger partial charge on any atom is 0.338 e. The molecule has 2 atom stereocenters. The highest BCUT2D eigenvalue weighted by Gasteiger charge is 2.41. The van der Waals surface area contributed by atoms with Gasteiger partial charge in [-0.2, -0.15) is 0 Å². The summed E-state index contributed by atoms with van der Waals surface area (Å²) in [5, 5.41) is 10.4. The fraction of sp³-hybridized carbons (Fsp3) is 0.562. The van der Waals surface area contributed by atoms with Crippen molar-refractivity contribution < 1.29 is 19.4 Å². The van der Waals surface area contributed by atoms with Crippen LogP contribution in [0, 0.1) is 0 Å². The van der Waals surface area contributed by atoms with Crippen molar-refractivity contribution in [1.29, 1.82) is 0 Å². The minimum atomic E-state index is -1.17. The maximum atomic E-state index is 12.1. The Kier molecular flexibility index (Phi) is 4.16. The van der Waals surface area contributed by atoms with Crippen LogP contribution in [0.2, 0.25) is 0 Å². The Balaban J connectivity index is 2.09. The van der Waals surface area contributed by atoms with Crippen molar-refractivity contribution in [3.8, 4) is 0 Å². The summed E-state index contributed by atoms with van der Waals surface area (Å²) >= 11 is 0. The molecular formula is C16H22O4. The summed E-state index contributed by atoms with van der Waals surface area (Å²) in [4.78, 5) is 12.1. The van der Waals surface area contributed by atoms with E-state index in [1.54, 1.807) is 31.2 Å². The van der Waals surface area contributed by atoms with Gasteiger partial charge in [0.2, 0.25) is 0 Å². The number of aliphatic hydroxyl groups is 1. The smallest absolute Gasteiger partial charge is 0.338 e. The third kappa shape index (κ3) is 3.58. The summed E-state index contributed by atoms with van der Waals surface area (Å²) in [6.45, 7) is 5.76. The molecule has 20 heavy (non-hydrogen) atoms. The number of carbonyl (C=O) groups excluding carboxylic acids is 1. The van der Waals surface area contributed by atoms with Gasteiger partial charge in [0.05, 0.1) is 17.8 Å². The van der Waals surface area contributed by atoms with Crippen LogP contribution in [-0.2, 0) is 9.47 Å². The van der Waals surface area contributed by atoms with Gasteiger partial charge in [-0.3, -0.25) is 0 Å². The van der Waals surface area contributed by atoms with Gasteiger partial charge in [-0.05, 0) is 45.7 Å². The lowest BCUT2D eigenvalue weighted by molar-refractivity contribution is -0.122. The molecule has 1 N–H and O–H groups in total. The van der Waals surface area contributed by atoms with E-state index in [1.165, 1.54) is 0 Å². The van der Waals surface area contributed by atoms with Crippen LogP contribution >= 0.6 is 0 Å². The van der Waals surface area contributed by atoms with E-state index in [2.05, 4.69) is 0 Å². The summed E-state index contributed by atoms with van der Waals surface area (Å²) in [6.07, 6.45) is 0.756. The molecule has 110 valence electrons. The molecule has 0 aromatic heterocycles. The lowest BCUT2D eigenvalue weighted by Crippen LogP contribution is -2.45.